The van der Waals surface area contributed by atoms with Gasteiger partial charge in [-0.15, -0.1) is 11.8 Å². The van der Waals surface area contributed by atoms with E-state index >= 15 is 0 Å². The van der Waals surface area contributed by atoms with Crippen molar-refractivity contribution in [1.82, 2.24) is 9.55 Å². The van der Waals surface area contributed by atoms with Crippen molar-refractivity contribution in [3.8, 4) is 0 Å². The molecule has 2 aromatic rings. The third-order valence-electron chi connectivity index (χ3n) is 4.28. The van der Waals surface area contributed by atoms with Crippen LogP contribution >= 0.6 is 23.5 Å². The number of amides is 1. The first-order chi connectivity index (χ1) is 14.5. The van der Waals surface area contributed by atoms with Crippen LogP contribution in [0.3, 0.4) is 0 Å². The van der Waals surface area contributed by atoms with Gasteiger partial charge in [0.15, 0.2) is 5.16 Å². The van der Waals surface area contributed by atoms with Crippen molar-refractivity contribution in [2.75, 3.05) is 37.1 Å². The van der Waals surface area contributed by atoms with Gasteiger partial charge in [-0.3, -0.25) is 14.2 Å². The lowest BCUT2D eigenvalue weighted by molar-refractivity contribution is -0.113. The Hall–Kier alpha value is -2.30. The highest BCUT2D eigenvalue weighted by molar-refractivity contribution is 8.00. The molecule has 1 aliphatic rings. The van der Waals surface area contributed by atoms with E-state index in [-0.39, 0.29) is 17.2 Å². The maximum absolute atomic E-state index is 12.8. The van der Waals surface area contributed by atoms with E-state index in [0.717, 1.165) is 17.9 Å². The number of anilines is 1. The van der Waals surface area contributed by atoms with Crippen molar-refractivity contribution in [3.63, 3.8) is 0 Å². The quantitative estimate of drug-likeness (QED) is 0.354. The third-order valence-corrected chi connectivity index (χ3v) is 6.36. The topological polar surface area (TPSA) is 99.5 Å². The van der Waals surface area contributed by atoms with Crippen LogP contribution in [0.1, 0.15) is 23.0 Å². The molecule has 0 fully saturated rings. The van der Waals surface area contributed by atoms with Crippen molar-refractivity contribution < 1.29 is 19.1 Å². The van der Waals surface area contributed by atoms with Gasteiger partial charge in [0.1, 0.15) is 0 Å². The van der Waals surface area contributed by atoms with Crippen LogP contribution in [0.4, 0.5) is 5.69 Å². The van der Waals surface area contributed by atoms with E-state index in [1.165, 1.54) is 23.5 Å². The standard InChI is InChI=1S/C20H23N3O5S2/c1-3-28-19(26)13-4-6-14(7-5-13)21-16(24)12-30-20-22-15-8-11-29-17(15)18(25)23(20)9-10-27-2/h4-7H,3,8-12H2,1-2H3,(H,21,24). The van der Waals surface area contributed by atoms with Crippen LogP contribution in [0.25, 0.3) is 0 Å². The summed E-state index contributed by atoms with van der Waals surface area (Å²) in [5.41, 5.74) is 1.73. The summed E-state index contributed by atoms with van der Waals surface area (Å²) < 4.78 is 11.6. The summed E-state index contributed by atoms with van der Waals surface area (Å²) in [6.45, 7) is 2.82. The molecule has 1 aliphatic heterocycles. The summed E-state index contributed by atoms with van der Waals surface area (Å²) in [6, 6.07) is 6.49. The molecule has 0 saturated carbocycles. The fourth-order valence-electron chi connectivity index (χ4n) is 2.84. The van der Waals surface area contributed by atoms with Gasteiger partial charge in [0.2, 0.25) is 5.91 Å². The molecular formula is C20H23N3O5S2. The number of rotatable bonds is 9. The number of esters is 1. The molecule has 0 radical (unpaired) electrons. The molecule has 0 spiro atoms. The molecule has 10 heteroatoms. The molecule has 0 aliphatic carbocycles. The highest BCUT2D eigenvalue weighted by Gasteiger charge is 2.22. The number of aryl methyl sites for hydroxylation is 1. The monoisotopic (exact) mass is 449 g/mol. The van der Waals surface area contributed by atoms with Gasteiger partial charge in [0, 0.05) is 25.0 Å². The van der Waals surface area contributed by atoms with Gasteiger partial charge >= 0.3 is 5.97 Å². The van der Waals surface area contributed by atoms with Gasteiger partial charge in [0.25, 0.3) is 5.56 Å². The van der Waals surface area contributed by atoms with Crippen molar-refractivity contribution in [2.45, 2.75) is 29.9 Å². The van der Waals surface area contributed by atoms with Gasteiger partial charge in [-0.25, -0.2) is 9.78 Å². The molecule has 1 N–H and O–H groups in total. The smallest absolute Gasteiger partial charge is 0.338 e. The molecule has 3 rings (SSSR count). The van der Waals surface area contributed by atoms with Crippen LogP contribution in [-0.2, 0) is 27.2 Å². The van der Waals surface area contributed by atoms with E-state index in [1.54, 1.807) is 42.9 Å². The molecule has 0 unspecified atom stereocenters. The average molecular weight is 450 g/mol. The minimum atomic E-state index is -0.402. The highest BCUT2D eigenvalue weighted by Crippen LogP contribution is 2.28. The van der Waals surface area contributed by atoms with Crippen molar-refractivity contribution in [3.05, 3.63) is 45.9 Å². The predicted octanol–water partition coefficient (Wildman–Crippen LogP) is 2.45. The molecule has 8 nitrogen and oxygen atoms in total. The van der Waals surface area contributed by atoms with E-state index in [1.807, 2.05) is 0 Å². The van der Waals surface area contributed by atoms with E-state index in [0.29, 0.717) is 41.1 Å². The number of nitrogens with zero attached hydrogens (tertiary/aromatic N) is 2. The minimum Gasteiger partial charge on any atom is -0.462 e. The van der Waals surface area contributed by atoms with Gasteiger partial charge < -0.3 is 14.8 Å². The Labute approximate surface area is 182 Å². The normalized spacial score (nSPS) is 12.5. The first kappa shape index (κ1) is 22.4. The summed E-state index contributed by atoms with van der Waals surface area (Å²) >= 11 is 2.75. The zero-order valence-corrected chi connectivity index (χ0v) is 18.4. The number of carbonyl (C=O) groups is 2. The zero-order chi connectivity index (χ0) is 21.5. The second kappa shape index (κ2) is 10.6. The number of carbonyl (C=O) groups excluding carboxylic acids is 2. The molecule has 1 aromatic carbocycles. The Kier molecular flexibility index (Phi) is 7.94. The molecule has 0 saturated heterocycles. The summed E-state index contributed by atoms with van der Waals surface area (Å²) in [7, 11) is 1.58. The number of hydrogen-bond donors (Lipinski definition) is 1. The lowest BCUT2D eigenvalue weighted by Gasteiger charge is -2.13. The number of methoxy groups -OCH3 is 1. The second-order valence-electron chi connectivity index (χ2n) is 6.35. The van der Waals surface area contributed by atoms with Gasteiger partial charge in [0.05, 0.1) is 41.7 Å². The largest absolute Gasteiger partial charge is 0.462 e. The number of fused-ring (bicyclic) bond motifs is 1. The number of nitrogens with one attached hydrogen (secondary N) is 1. The van der Waals surface area contributed by atoms with Crippen LogP contribution in [0.2, 0.25) is 0 Å². The molecule has 30 heavy (non-hydrogen) atoms. The van der Waals surface area contributed by atoms with Gasteiger partial charge in [-0.2, -0.15) is 0 Å². The first-order valence-electron chi connectivity index (χ1n) is 9.48. The number of thioether (sulfide) groups is 2. The Morgan fingerprint density at radius 3 is 2.77 bits per heavy atom. The van der Waals surface area contributed by atoms with E-state index in [4.69, 9.17) is 9.47 Å². The number of aromatic nitrogens is 2. The third kappa shape index (κ3) is 5.44. The Bertz CT molecular complexity index is 976. The maximum atomic E-state index is 12.8. The van der Waals surface area contributed by atoms with Gasteiger partial charge in [-0.05, 0) is 31.2 Å². The lowest BCUT2D eigenvalue weighted by Crippen LogP contribution is -2.27. The summed E-state index contributed by atoms with van der Waals surface area (Å²) in [5, 5.41) is 3.30. The molecule has 1 aromatic heterocycles. The van der Waals surface area contributed by atoms with Crippen molar-refractivity contribution >= 4 is 41.1 Å². The van der Waals surface area contributed by atoms with Crippen LogP contribution in [-0.4, -0.2) is 53.3 Å². The predicted molar refractivity (Wildman–Crippen MR) is 117 cm³/mol. The molecule has 0 bridgehead atoms. The molecule has 160 valence electrons. The molecule has 0 atom stereocenters. The van der Waals surface area contributed by atoms with E-state index in [2.05, 4.69) is 10.3 Å². The second-order valence-corrected chi connectivity index (χ2v) is 8.40. The van der Waals surface area contributed by atoms with Crippen LogP contribution in [0, 0.1) is 0 Å². The fourth-order valence-corrected chi connectivity index (χ4v) is 4.73. The van der Waals surface area contributed by atoms with E-state index < -0.39 is 5.97 Å². The van der Waals surface area contributed by atoms with Crippen LogP contribution < -0.4 is 10.9 Å². The maximum Gasteiger partial charge on any atom is 0.338 e. The van der Waals surface area contributed by atoms with Crippen molar-refractivity contribution in [1.29, 1.82) is 0 Å². The molecule has 1 amide bonds. The van der Waals surface area contributed by atoms with Crippen LogP contribution in [0.5, 0.6) is 0 Å². The summed E-state index contributed by atoms with van der Waals surface area (Å²) in [4.78, 5) is 42.1. The fraction of sp³-hybridized carbons (Fsp3) is 0.400. The number of hydrogen-bond acceptors (Lipinski definition) is 8. The lowest BCUT2D eigenvalue weighted by atomic mass is 10.2. The van der Waals surface area contributed by atoms with Crippen molar-refractivity contribution in [2.24, 2.45) is 0 Å². The highest BCUT2D eigenvalue weighted by atomic mass is 32.2. The van der Waals surface area contributed by atoms with E-state index in [9.17, 15) is 14.4 Å². The average Bonchev–Trinajstić information content (AvgIpc) is 3.21. The Balaban J connectivity index is 1.65. The SMILES string of the molecule is CCOC(=O)c1ccc(NC(=O)CSc2nc3c(c(=O)n2CCOC)SCC3)cc1. The minimum absolute atomic E-state index is 0.0722. The Morgan fingerprint density at radius 1 is 1.30 bits per heavy atom. The first-order valence-corrected chi connectivity index (χ1v) is 11.5. The Morgan fingerprint density at radius 2 is 2.07 bits per heavy atom. The number of benzene rings is 1. The summed E-state index contributed by atoms with van der Waals surface area (Å²) in [6.07, 6.45) is 0.757. The zero-order valence-electron chi connectivity index (χ0n) is 16.8. The summed E-state index contributed by atoms with van der Waals surface area (Å²) in [5.74, 6) is 0.315. The number of ether oxygens (including phenoxy) is 2. The van der Waals surface area contributed by atoms with Crippen LogP contribution in [0.15, 0.2) is 39.1 Å². The van der Waals surface area contributed by atoms with Gasteiger partial charge in [-0.1, -0.05) is 11.8 Å². The molecular weight excluding hydrogens is 426 g/mol. The molecule has 2 heterocycles.